The maximum atomic E-state index is 13.2. The van der Waals surface area contributed by atoms with Crippen LogP contribution in [-0.4, -0.2) is 54.4 Å². The minimum Gasteiger partial charge on any atom is -0.493 e. The molecule has 2 aliphatic rings. The zero-order valence-corrected chi connectivity index (χ0v) is 19.8. The first-order valence-electron chi connectivity index (χ1n) is 11.9. The lowest BCUT2D eigenvalue weighted by Crippen LogP contribution is -2.52. The van der Waals surface area contributed by atoms with Gasteiger partial charge in [0.2, 0.25) is 11.8 Å². The molecular weight excluding hydrogens is 412 g/mol. The van der Waals surface area contributed by atoms with Crippen LogP contribution in [0.1, 0.15) is 65.2 Å². The molecule has 172 valence electrons. The molecule has 5 nitrogen and oxygen atoms in total. The van der Waals surface area contributed by atoms with E-state index in [4.69, 9.17) is 16.3 Å². The van der Waals surface area contributed by atoms with Crippen molar-refractivity contribution in [3.63, 3.8) is 0 Å². The van der Waals surface area contributed by atoms with Crippen LogP contribution in [0.15, 0.2) is 24.3 Å². The van der Waals surface area contributed by atoms with Crippen LogP contribution in [0.25, 0.3) is 0 Å². The summed E-state index contributed by atoms with van der Waals surface area (Å²) in [5.41, 5.74) is -0.353. The predicted octanol–water partition coefficient (Wildman–Crippen LogP) is 5.17. The Hall–Kier alpha value is -1.75. The fourth-order valence-corrected chi connectivity index (χ4v) is 5.07. The summed E-state index contributed by atoms with van der Waals surface area (Å²) in [6.45, 7) is 7.65. The number of amides is 2. The summed E-state index contributed by atoms with van der Waals surface area (Å²) in [6.07, 6.45) is 7.31. The first-order valence-corrected chi connectivity index (χ1v) is 12.3. The number of carbonyl (C=O) groups is 2. The van der Waals surface area contributed by atoms with E-state index < -0.39 is 0 Å². The van der Waals surface area contributed by atoms with Gasteiger partial charge >= 0.3 is 0 Å². The van der Waals surface area contributed by atoms with Gasteiger partial charge < -0.3 is 14.5 Å². The Kier molecular flexibility index (Phi) is 8.65. The molecule has 2 fully saturated rings. The quantitative estimate of drug-likeness (QED) is 0.551. The number of hydrogen-bond donors (Lipinski definition) is 0. The zero-order chi connectivity index (χ0) is 22.3. The normalized spacial score (nSPS) is 21.9. The van der Waals surface area contributed by atoms with Gasteiger partial charge in [-0.25, -0.2) is 0 Å². The van der Waals surface area contributed by atoms with E-state index in [0.29, 0.717) is 24.6 Å². The standard InChI is InChI=1S/C25H37ClN2O3/c1-3-20(4-2)24(30)28-16-8-13-25(18-28,17-23(29)27-14-6-5-7-15-27)19-31-22-11-9-21(26)10-12-22/h9-12,20H,3-8,13-19H2,1-2H3/t25-/m0/s1. The molecule has 31 heavy (non-hydrogen) atoms. The van der Waals surface area contributed by atoms with E-state index in [2.05, 4.69) is 13.8 Å². The molecule has 0 aliphatic carbocycles. The van der Waals surface area contributed by atoms with Crippen LogP contribution >= 0.6 is 11.6 Å². The summed E-state index contributed by atoms with van der Waals surface area (Å²) in [5, 5.41) is 0.668. The number of likely N-dealkylation sites (tertiary alicyclic amines) is 2. The Labute approximate surface area is 192 Å². The van der Waals surface area contributed by atoms with Gasteiger partial charge in [-0.1, -0.05) is 25.4 Å². The molecule has 1 aromatic rings. The smallest absolute Gasteiger partial charge is 0.225 e. The number of halogens is 1. The van der Waals surface area contributed by atoms with Crippen molar-refractivity contribution in [1.29, 1.82) is 0 Å². The van der Waals surface area contributed by atoms with Crippen molar-refractivity contribution in [3.05, 3.63) is 29.3 Å². The SMILES string of the molecule is CCC(CC)C(=O)N1CCC[C@](COc2ccc(Cl)cc2)(CC(=O)N2CCCCC2)C1. The van der Waals surface area contributed by atoms with Crippen molar-refractivity contribution < 1.29 is 14.3 Å². The number of ether oxygens (including phenoxy) is 1. The first-order chi connectivity index (χ1) is 15.0. The fraction of sp³-hybridized carbons (Fsp3) is 0.680. The molecule has 3 rings (SSSR count). The average molecular weight is 449 g/mol. The molecule has 0 N–H and O–H groups in total. The summed E-state index contributed by atoms with van der Waals surface area (Å²) in [4.78, 5) is 30.3. The maximum absolute atomic E-state index is 13.2. The monoisotopic (exact) mass is 448 g/mol. The largest absolute Gasteiger partial charge is 0.493 e. The minimum absolute atomic E-state index is 0.0609. The molecular formula is C25H37ClN2O3. The van der Waals surface area contributed by atoms with E-state index in [1.54, 1.807) is 0 Å². The Morgan fingerprint density at radius 3 is 2.29 bits per heavy atom. The van der Waals surface area contributed by atoms with Gasteiger partial charge in [-0.3, -0.25) is 9.59 Å². The summed E-state index contributed by atoms with van der Waals surface area (Å²) >= 11 is 6.00. The van der Waals surface area contributed by atoms with Gasteiger partial charge in [0.05, 0.1) is 6.61 Å². The van der Waals surface area contributed by atoms with Gasteiger partial charge in [-0.05, 0) is 69.2 Å². The molecule has 1 aromatic carbocycles. The number of piperidine rings is 2. The average Bonchev–Trinajstić information content (AvgIpc) is 2.80. The van der Waals surface area contributed by atoms with E-state index in [0.717, 1.165) is 63.9 Å². The highest BCUT2D eigenvalue weighted by Gasteiger charge is 2.41. The Morgan fingerprint density at radius 1 is 1.00 bits per heavy atom. The van der Waals surface area contributed by atoms with Gasteiger partial charge in [-0.15, -0.1) is 0 Å². The zero-order valence-electron chi connectivity index (χ0n) is 19.1. The third-order valence-electron chi connectivity index (χ3n) is 6.90. The third-order valence-corrected chi connectivity index (χ3v) is 7.15. The summed E-state index contributed by atoms with van der Waals surface area (Å²) in [6, 6.07) is 7.34. The van der Waals surface area contributed by atoms with Gasteiger partial charge in [-0.2, -0.15) is 0 Å². The van der Waals surface area contributed by atoms with Crippen LogP contribution in [0.3, 0.4) is 0 Å². The minimum atomic E-state index is -0.353. The molecule has 2 amide bonds. The topological polar surface area (TPSA) is 49.9 Å². The lowest BCUT2D eigenvalue weighted by Gasteiger charge is -2.44. The van der Waals surface area contributed by atoms with Crippen LogP contribution in [0, 0.1) is 11.3 Å². The van der Waals surface area contributed by atoms with Crippen LogP contribution in [0.5, 0.6) is 5.75 Å². The second-order valence-electron chi connectivity index (χ2n) is 9.24. The molecule has 0 bridgehead atoms. The predicted molar refractivity (Wildman–Crippen MR) is 124 cm³/mol. The molecule has 2 aliphatic heterocycles. The van der Waals surface area contributed by atoms with E-state index in [9.17, 15) is 9.59 Å². The van der Waals surface area contributed by atoms with Crippen LogP contribution < -0.4 is 4.74 Å². The number of carbonyl (C=O) groups excluding carboxylic acids is 2. The molecule has 0 unspecified atom stereocenters. The molecule has 1 atom stereocenters. The Bertz CT molecular complexity index is 729. The summed E-state index contributed by atoms with van der Waals surface area (Å²) < 4.78 is 6.17. The van der Waals surface area contributed by atoms with Crippen LogP contribution in [0.4, 0.5) is 0 Å². The van der Waals surface area contributed by atoms with Gasteiger partial charge in [0.1, 0.15) is 5.75 Å². The fourth-order valence-electron chi connectivity index (χ4n) is 4.95. The lowest BCUT2D eigenvalue weighted by atomic mass is 9.76. The highest BCUT2D eigenvalue weighted by Crippen LogP contribution is 2.36. The summed E-state index contributed by atoms with van der Waals surface area (Å²) in [7, 11) is 0. The number of rotatable bonds is 8. The van der Waals surface area contributed by atoms with Crippen LogP contribution in [0.2, 0.25) is 5.02 Å². The van der Waals surface area contributed by atoms with Gasteiger partial charge in [0, 0.05) is 49.0 Å². The maximum Gasteiger partial charge on any atom is 0.225 e. The van der Waals surface area contributed by atoms with Crippen molar-refractivity contribution in [1.82, 2.24) is 9.80 Å². The summed E-state index contributed by atoms with van der Waals surface area (Å²) in [5.74, 6) is 1.24. The molecule has 6 heteroatoms. The molecule has 0 aromatic heterocycles. The number of nitrogens with zero attached hydrogens (tertiary/aromatic N) is 2. The highest BCUT2D eigenvalue weighted by molar-refractivity contribution is 6.30. The van der Waals surface area contributed by atoms with E-state index in [1.807, 2.05) is 34.1 Å². The molecule has 0 saturated carbocycles. The first kappa shape index (κ1) is 23.9. The van der Waals surface area contributed by atoms with Crippen molar-refractivity contribution in [3.8, 4) is 5.75 Å². The lowest BCUT2D eigenvalue weighted by molar-refractivity contribution is -0.144. The second-order valence-corrected chi connectivity index (χ2v) is 9.67. The van der Waals surface area contributed by atoms with Crippen molar-refractivity contribution in [2.75, 3.05) is 32.8 Å². The Morgan fingerprint density at radius 2 is 1.65 bits per heavy atom. The third kappa shape index (κ3) is 6.38. The number of benzene rings is 1. The highest BCUT2D eigenvalue weighted by atomic mass is 35.5. The van der Waals surface area contributed by atoms with Crippen molar-refractivity contribution in [2.45, 2.75) is 65.2 Å². The molecule has 0 radical (unpaired) electrons. The van der Waals surface area contributed by atoms with E-state index in [1.165, 1.54) is 6.42 Å². The van der Waals surface area contributed by atoms with E-state index in [-0.39, 0.29) is 23.1 Å². The number of hydrogen-bond acceptors (Lipinski definition) is 3. The molecule has 2 heterocycles. The van der Waals surface area contributed by atoms with Crippen molar-refractivity contribution >= 4 is 23.4 Å². The Balaban J connectivity index is 1.76. The van der Waals surface area contributed by atoms with Crippen LogP contribution in [-0.2, 0) is 9.59 Å². The molecule has 2 saturated heterocycles. The molecule has 0 spiro atoms. The van der Waals surface area contributed by atoms with Crippen molar-refractivity contribution in [2.24, 2.45) is 11.3 Å². The second kappa shape index (κ2) is 11.2. The van der Waals surface area contributed by atoms with E-state index >= 15 is 0 Å². The van der Waals surface area contributed by atoms with Gasteiger partial charge in [0.15, 0.2) is 0 Å². The van der Waals surface area contributed by atoms with Gasteiger partial charge in [0.25, 0.3) is 0 Å².